The predicted octanol–water partition coefficient (Wildman–Crippen LogP) is 1.63. The molecule has 1 saturated carbocycles. The van der Waals surface area contributed by atoms with Gasteiger partial charge in [-0.3, -0.25) is 4.79 Å². The molecule has 1 fully saturated rings. The van der Waals surface area contributed by atoms with Gasteiger partial charge in [0.05, 0.1) is 7.11 Å². The van der Waals surface area contributed by atoms with Crippen LogP contribution in [-0.2, 0) is 14.3 Å². The molecule has 1 unspecified atom stereocenters. The van der Waals surface area contributed by atoms with Gasteiger partial charge in [-0.25, -0.2) is 4.79 Å². The van der Waals surface area contributed by atoms with Crippen molar-refractivity contribution in [1.82, 2.24) is 5.32 Å². The van der Waals surface area contributed by atoms with Gasteiger partial charge < -0.3 is 15.8 Å². The lowest BCUT2D eigenvalue weighted by Crippen LogP contribution is -2.54. The number of nitrogens with two attached hydrogens (primary N) is 1. The molecule has 0 saturated heterocycles. The molecular weight excluding hydrogens is 280 g/mol. The van der Waals surface area contributed by atoms with Crippen molar-refractivity contribution in [2.24, 2.45) is 17.6 Å². The van der Waals surface area contributed by atoms with E-state index in [2.05, 4.69) is 5.32 Å². The molecule has 1 rings (SSSR count). The first-order chi connectivity index (χ1) is 8.98. The Morgan fingerprint density at radius 2 is 2.05 bits per heavy atom. The minimum Gasteiger partial charge on any atom is -0.467 e. The molecule has 0 heterocycles. The second kappa shape index (κ2) is 8.47. The van der Waals surface area contributed by atoms with E-state index in [0.717, 1.165) is 25.7 Å². The number of carbonyl (C=O) groups is 2. The van der Waals surface area contributed by atoms with Crippen molar-refractivity contribution in [1.29, 1.82) is 0 Å². The molecule has 0 aromatic rings. The molecule has 3 N–H and O–H groups in total. The zero-order valence-corrected chi connectivity index (χ0v) is 13.4. The van der Waals surface area contributed by atoms with Gasteiger partial charge in [-0.05, 0) is 38.6 Å². The first-order valence-corrected chi connectivity index (χ1v) is 7.09. The van der Waals surface area contributed by atoms with Crippen LogP contribution in [0.2, 0.25) is 0 Å². The van der Waals surface area contributed by atoms with Crippen LogP contribution < -0.4 is 11.1 Å². The van der Waals surface area contributed by atoms with Gasteiger partial charge in [0.25, 0.3) is 0 Å². The fourth-order valence-corrected chi connectivity index (χ4v) is 2.97. The number of amides is 1. The van der Waals surface area contributed by atoms with Crippen LogP contribution in [-0.4, -0.2) is 31.1 Å². The lowest BCUT2D eigenvalue weighted by Gasteiger charge is -2.30. The first-order valence-electron chi connectivity index (χ1n) is 7.09. The minimum absolute atomic E-state index is 0. The Labute approximate surface area is 127 Å². The highest BCUT2D eigenvalue weighted by molar-refractivity contribution is 5.88. The number of hydrogen-bond donors (Lipinski definition) is 2. The number of esters is 1. The van der Waals surface area contributed by atoms with Crippen molar-refractivity contribution in [2.75, 3.05) is 13.7 Å². The van der Waals surface area contributed by atoms with Crippen LogP contribution in [0.3, 0.4) is 0 Å². The number of carbonyl (C=O) groups excluding carboxylic acids is 2. The summed E-state index contributed by atoms with van der Waals surface area (Å²) in [5, 5.41) is 2.88. The minimum atomic E-state index is -0.928. The quantitative estimate of drug-likeness (QED) is 0.731. The van der Waals surface area contributed by atoms with E-state index in [-0.39, 0.29) is 36.1 Å². The molecule has 5 nitrogen and oxygen atoms in total. The van der Waals surface area contributed by atoms with E-state index < -0.39 is 5.54 Å². The molecule has 1 aliphatic rings. The van der Waals surface area contributed by atoms with E-state index >= 15 is 0 Å². The van der Waals surface area contributed by atoms with Crippen molar-refractivity contribution < 1.29 is 14.3 Å². The summed E-state index contributed by atoms with van der Waals surface area (Å²) in [6.07, 6.45) is 4.26. The van der Waals surface area contributed by atoms with Crippen molar-refractivity contribution in [3.63, 3.8) is 0 Å². The second-order valence-corrected chi connectivity index (χ2v) is 5.60. The molecule has 1 amide bonds. The molecule has 0 aromatic heterocycles. The lowest BCUT2D eigenvalue weighted by atomic mass is 9.91. The van der Waals surface area contributed by atoms with Crippen LogP contribution >= 0.6 is 12.4 Å². The largest absolute Gasteiger partial charge is 0.467 e. The number of halogens is 1. The molecule has 3 atom stereocenters. The van der Waals surface area contributed by atoms with Crippen LogP contribution in [0.4, 0.5) is 0 Å². The lowest BCUT2D eigenvalue weighted by molar-refractivity contribution is -0.151. The monoisotopic (exact) mass is 306 g/mol. The van der Waals surface area contributed by atoms with Gasteiger partial charge in [0.15, 0.2) is 0 Å². The maximum absolute atomic E-state index is 12.4. The Kier molecular flexibility index (Phi) is 8.13. The number of hydrogen-bond acceptors (Lipinski definition) is 4. The summed E-state index contributed by atoms with van der Waals surface area (Å²) in [6.45, 7) is 4.24. The standard InChI is InChI=1S/C14H26N2O3.ClH/c1-4-8-14(2,13(18)19-3)16-12(17)11-7-5-6-10(11)9-15;/h10-11H,4-9,15H2,1-3H3,(H,16,17);1H/t10-,11-,14?;/m1./s1. The van der Waals surface area contributed by atoms with Crippen molar-refractivity contribution in [2.45, 2.75) is 51.5 Å². The third-order valence-corrected chi connectivity index (χ3v) is 4.08. The number of nitrogens with one attached hydrogen (secondary N) is 1. The van der Waals surface area contributed by atoms with Gasteiger partial charge in [0.2, 0.25) is 5.91 Å². The highest BCUT2D eigenvalue weighted by atomic mass is 35.5. The fraction of sp³-hybridized carbons (Fsp3) is 0.857. The SMILES string of the molecule is CCCC(C)(NC(=O)[C@@H]1CCC[C@@H]1CN)C(=O)OC.Cl. The Balaban J connectivity index is 0.00000361. The normalized spacial score (nSPS) is 24.4. The van der Waals surface area contributed by atoms with Gasteiger partial charge in [-0.1, -0.05) is 19.8 Å². The molecular formula is C14H27ClN2O3. The Hall–Kier alpha value is -0.810. The number of methoxy groups -OCH3 is 1. The smallest absolute Gasteiger partial charge is 0.331 e. The molecule has 0 radical (unpaired) electrons. The maximum Gasteiger partial charge on any atom is 0.331 e. The Morgan fingerprint density at radius 1 is 1.40 bits per heavy atom. The van der Waals surface area contributed by atoms with E-state index in [9.17, 15) is 9.59 Å². The molecule has 1 aliphatic carbocycles. The molecule has 0 bridgehead atoms. The van der Waals surface area contributed by atoms with Gasteiger partial charge >= 0.3 is 5.97 Å². The molecule has 0 spiro atoms. The van der Waals surface area contributed by atoms with E-state index in [1.807, 2.05) is 6.92 Å². The third-order valence-electron chi connectivity index (χ3n) is 4.08. The summed E-state index contributed by atoms with van der Waals surface area (Å²) >= 11 is 0. The van der Waals surface area contributed by atoms with E-state index in [0.29, 0.717) is 13.0 Å². The van der Waals surface area contributed by atoms with Crippen LogP contribution in [0.1, 0.15) is 46.0 Å². The van der Waals surface area contributed by atoms with Crippen LogP contribution in [0.15, 0.2) is 0 Å². The summed E-state index contributed by atoms with van der Waals surface area (Å²) in [7, 11) is 1.35. The fourth-order valence-electron chi connectivity index (χ4n) is 2.97. The summed E-state index contributed by atoms with van der Waals surface area (Å²) in [6, 6.07) is 0. The summed E-state index contributed by atoms with van der Waals surface area (Å²) in [5.74, 6) is -0.270. The Bertz CT molecular complexity index is 338. The Morgan fingerprint density at radius 3 is 2.55 bits per heavy atom. The zero-order valence-electron chi connectivity index (χ0n) is 12.6. The van der Waals surface area contributed by atoms with Gasteiger partial charge in [-0.15, -0.1) is 12.4 Å². The average molecular weight is 307 g/mol. The van der Waals surface area contributed by atoms with Crippen molar-refractivity contribution in [3.8, 4) is 0 Å². The predicted molar refractivity (Wildman–Crippen MR) is 80.6 cm³/mol. The van der Waals surface area contributed by atoms with E-state index in [1.165, 1.54) is 7.11 Å². The number of rotatable bonds is 6. The molecule has 20 heavy (non-hydrogen) atoms. The molecule has 6 heteroatoms. The topological polar surface area (TPSA) is 81.4 Å². The maximum atomic E-state index is 12.4. The first kappa shape index (κ1) is 19.2. The van der Waals surface area contributed by atoms with Gasteiger partial charge in [-0.2, -0.15) is 0 Å². The van der Waals surface area contributed by atoms with E-state index in [1.54, 1.807) is 6.92 Å². The van der Waals surface area contributed by atoms with Gasteiger partial charge in [0, 0.05) is 5.92 Å². The van der Waals surface area contributed by atoms with Crippen LogP contribution in [0, 0.1) is 11.8 Å². The zero-order chi connectivity index (χ0) is 14.5. The summed E-state index contributed by atoms with van der Waals surface area (Å²) in [5.41, 5.74) is 4.77. The van der Waals surface area contributed by atoms with Crippen LogP contribution in [0.5, 0.6) is 0 Å². The van der Waals surface area contributed by atoms with Crippen molar-refractivity contribution >= 4 is 24.3 Å². The van der Waals surface area contributed by atoms with E-state index in [4.69, 9.17) is 10.5 Å². The molecule has 118 valence electrons. The van der Waals surface area contributed by atoms with Crippen molar-refractivity contribution in [3.05, 3.63) is 0 Å². The summed E-state index contributed by atoms with van der Waals surface area (Å²) < 4.78 is 4.81. The van der Waals surface area contributed by atoms with Crippen LogP contribution in [0.25, 0.3) is 0 Å². The third kappa shape index (κ3) is 4.35. The molecule has 0 aromatic carbocycles. The summed E-state index contributed by atoms with van der Waals surface area (Å²) in [4.78, 5) is 24.2. The average Bonchev–Trinajstić information content (AvgIpc) is 2.86. The molecule has 0 aliphatic heterocycles. The second-order valence-electron chi connectivity index (χ2n) is 5.60. The highest BCUT2D eigenvalue weighted by Gasteiger charge is 2.39. The highest BCUT2D eigenvalue weighted by Crippen LogP contribution is 2.31. The van der Waals surface area contributed by atoms with Gasteiger partial charge in [0.1, 0.15) is 5.54 Å². The number of ether oxygens (including phenoxy) is 1.